The van der Waals surface area contributed by atoms with E-state index >= 15 is 0 Å². The van der Waals surface area contributed by atoms with Crippen LogP contribution in [0.2, 0.25) is 0 Å². The number of Topliss-reactive ketones (excluding diaryl/α,β-unsaturated/α-hetero) is 1. The quantitative estimate of drug-likeness (QED) is 0.632. The number of carbonyl (C=O) groups is 2. The second-order valence-electron chi connectivity index (χ2n) is 5.41. The lowest BCUT2D eigenvalue weighted by atomic mass is 9.92. The van der Waals surface area contributed by atoms with Crippen LogP contribution in [0.15, 0.2) is 18.2 Å². The summed E-state index contributed by atoms with van der Waals surface area (Å²) in [5.74, 6) is -0.131. The monoisotopic (exact) mass is 290 g/mol. The van der Waals surface area contributed by atoms with Gasteiger partial charge in [-0.15, -0.1) is 0 Å². The number of ketones is 1. The molecule has 1 aromatic rings. The van der Waals surface area contributed by atoms with Crippen molar-refractivity contribution in [2.75, 3.05) is 7.05 Å². The van der Waals surface area contributed by atoms with Gasteiger partial charge in [0.05, 0.1) is 4.92 Å². The first-order chi connectivity index (χ1) is 9.91. The molecule has 0 unspecified atom stereocenters. The Balaban J connectivity index is 2.27. The summed E-state index contributed by atoms with van der Waals surface area (Å²) in [4.78, 5) is 36.0. The molecule has 1 fully saturated rings. The Morgan fingerprint density at radius 1 is 1.33 bits per heavy atom. The Morgan fingerprint density at radius 3 is 2.52 bits per heavy atom. The van der Waals surface area contributed by atoms with Crippen LogP contribution in [0.25, 0.3) is 0 Å². The molecule has 1 aliphatic rings. The molecule has 0 aliphatic heterocycles. The van der Waals surface area contributed by atoms with E-state index in [1.54, 1.807) is 31.0 Å². The number of benzene rings is 1. The van der Waals surface area contributed by atoms with E-state index in [-0.39, 0.29) is 29.0 Å². The van der Waals surface area contributed by atoms with Crippen molar-refractivity contribution in [3.05, 3.63) is 39.4 Å². The van der Waals surface area contributed by atoms with E-state index in [4.69, 9.17) is 0 Å². The molecule has 0 radical (unpaired) electrons. The highest BCUT2D eigenvalue weighted by Crippen LogP contribution is 2.26. The van der Waals surface area contributed by atoms with Gasteiger partial charge in [-0.3, -0.25) is 19.7 Å². The molecule has 0 aromatic heterocycles. The van der Waals surface area contributed by atoms with E-state index in [2.05, 4.69) is 0 Å². The third-order valence-electron chi connectivity index (χ3n) is 4.04. The lowest BCUT2D eigenvalue weighted by molar-refractivity contribution is -0.385. The Bertz CT molecular complexity index is 587. The largest absolute Gasteiger partial charge is 0.338 e. The van der Waals surface area contributed by atoms with Crippen LogP contribution in [0.4, 0.5) is 5.69 Å². The van der Waals surface area contributed by atoms with Crippen molar-refractivity contribution in [2.45, 2.75) is 38.6 Å². The van der Waals surface area contributed by atoms with Crippen molar-refractivity contribution in [3.63, 3.8) is 0 Å². The summed E-state index contributed by atoms with van der Waals surface area (Å²) in [6, 6.07) is 4.58. The molecular weight excluding hydrogens is 272 g/mol. The van der Waals surface area contributed by atoms with Crippen LogP contribution in [0.5, 0.6) is 0 Å². The topological polar surface area (TPSA) is 80.5 Å². The third kappa shape index (κ3) is 3.09. The van der Waals surface area contributed by atoms with E-state index in [1.807, 2.05) is 0 Å². The molecule has 1 amide bonds. The number of rotatable bonds is 3. The third-order valence-corrected chi connectivity index (χ3v) is 4.04. The van der Waals surface area contributed by atoms with Crippen molar-refractivity contribution < 1.29 is 14.5 Å². The van der Waals surface area contributed by atoms with Gasteiger partial charge in [0.1, 0.15) is 11.3 Å². The highest BCUT2D eigenvalue weighted by atomic mass is 16.6. The summed E-state index contributed by atoms with van der Waals surface area (Å²) in [6.45, 7) is 1.69. The van der Waals surface area contributed by atoms with E-state index in [9.17, 15) is 19.7 Å². The molecule has 21 heavy (non-hydrogen) atoms. The maximum atomic E-state index is 12.6. The SMILES string of the molecule is Cc1cccc([N+](=O)[O-])c1C(=O)N(C)C1CCC(=O)CC1. The molecule has 1 saturated carbocycles. The van der Waals surface area contributed by atoms with Gasteiger partial charge >= 0.3 is 0 Å². The van der Waals surface area contributed by atoms with Crippen LogP contribution in [-0.2, 0) is 4.79 Å². The number of carbonyl (C=O) groups excluding carboxylic acids is 2. The summed E-state index contributed by atoms with van der Waals surface area (Å²) in [6.07, 6.45) is 2.19. The summed E-state index contributed by atoms with van der Waals surface area (Å²) < 4.78 is 0. The Labute approximate surface area is 122 Å². The second kappa shape index (κ2) is 6.03. The average Bonchev–Trinajstić information content (AvgIpc) is 2.46. The van der Waals surface area contributed by atoms with Crippen molar-refractivity contribution in [1.29, 1.82) is 0 Å². The van der Waals surface area contributed by atoms with Crippen molar-refractivity contribution in [2.24, 2.45) is 0 Å². The summed E-state index contributed by atoms with van der Waals surface area (Å²) in [5.41, 5.74) is 0.563. The smallest absolute Gasteiger partial charge is 0.282 e. The molecule has 6 heteroatoms. The number of aryl methyl sites for hydroxylation is 1. The van der Waals surface area contributed by atoms with Gasteiger partial charge in [0, 0.05) is 32.0 Å². The maximum absolute atomic E-state index is 12.6. The van der Waals surface area contributed by atoms with Gasteiger partial charge in [0.25, 0.3) is 11.6 Å². The molecule has 0 heterocycles. The molecule has 1 aromatic carbocycles. The van der Waals surface area contributed by atoms with Gasteiger partial charge in [-0.25, -0.2) is 0 Å². The van der Waals surface area contributed by atoms with E-state index in [0.717, 1.165) is 0 Å². The van der Waals surface area contributed by atoms with Gasteiger partial charge in [-0.1, -0.05) is 12.1 Å². The number of nitro groups is 1. The highest BCUT2D eigenvalue weighted by Gasteiger charge is 2.30. The Kier molecular flexibility index (Phi) is 4.35. The summed E-state index contributed by atoms with van der Waals surface area (Å²) in [7, 11) is 1.65. The van der Waals surface area contributed by atoms with Gasteiger partial charge in [0.15, 0.2) is 0 Å². The molecule has 0 N–H and O–H groups in total. The molecule has 0 saturated heterocycles. The van der Waals surface area contributed by atoms with Crippen molar-refractivity contribution in [3.8, 4) is 0 Å². The normalized spacial score (nSPS) is 15.8. The first-order valence-electron chi connectivity index (χ1n) is 6.94. The van der Waals surface area contributed by atoms with Crippen LogP contribution in [0.1, 0.15) is 41.6 Å². The van der Waals surface area contributed by atoms with E-state index in [1.165, 1.54) is 6.07 Å². The fourth-order valence-corrected chi connectivity index (χ4v) is 2.74. The molecule has 6 nitrogen and oxygen atoms in total. The minimum absolute atomic E-state index is 0.0330. The predicted molar refractivity (Wildman–Crippen MR) is 77.2 cm³/mol. The number of hydrogen-bond donors (Lipinski definition) is 0. The summed E-state index contributed by atoms with van der Waals surface area (Å²) >= 11 is 0. The summed E-state index contributed by atoms with van der Waals surface area (Å²) in [5, 5.41) is 11.1. The van der Waals surface area contributed by atoms with Crippen molar-refractivity contribution >= 4 is 17.4 Å². The number of nitrogens with zero attached hydrogens (tertiary/aromatic N) is 2. The van der Waals surface area contributed by atoms with Crippen LogP contribution < -0.4 is 0 Å². The fourth-order valence-electron chi connectivity index (χ4n) is 2.74. The zero-order valence-electron chi connectivity index (χ0n) is 12.2. The minimum Gasteiger partial charge on any atom is -0.338 e. The minimum atomic E-state index is -0.529. The van der Waals surface area contributed by atoms with E-state index < -0.39 is 4.92 Å². The lowest BCUT2D eigenvalue weighted by Gasteiger charge is -2.31. The van der Waals surface area contributed by atoms with Gasteiger partial charge in [0.2, 0.25) is 0 Å². The van der Waals surface area contributed by atoms with E-state index in [0.29, 0.717) is 31.2 Å². The van der Waals surface area contributed by atoms with Gasteiger partial charge in [-0.2, -0.15) is 0 Å². The lowest BCUT2D eigenvalue weighted by Crippen LogP contribution is -2.40. The van der Waals surface area contributed by atoms with Gasteiger partial charge in [-0.05, 0) is 25.3 Å². The molecule has 0 bridgehead atoms. The molecular formula is C15H18N2O4. The first kappa shape index (κ1) is 15.2. The zero-order valence-corrected chi connectivity index (χ0v) is 12.2. The number of hydrogen-bond acceptors (Lipinski definition) is 4. The van der Waals surface area contributed by atoms with Crippen LogP contribution >= 0.6 is 0 Å². The Morgan fingerprint density at radius 2 is 1.95 bits per heavy atom. The zero-order chi connectivity index (χ0) is 15.6. The Hall–Kier alpha value is -2.24. The van der Waals surface area contributed by atoms with Gasteiger partial charge < -0.3 is 4.90 Å². The molecule has 112 valence electrons. The van der Waals surface area contributed by atoms with Crippen molar-refractivity contribution in [1.82, 2.24) is 4.90 Å². The maximum Gasteiger partial charge on any atom is 0.282 e. The standard InChI is InChI=1S/C15H18N2O4/c1-10-4-3-5-13(17(20)21)14(10)15(19)16(2)11-6-8-12(18)9-7-11/h3-5,11H,6-9H2,1-2H3. The number of amides is 1. The van der Waals surface area contributed by atoms with Crippen LogP contribution in [0, 0.1) is 17.0 Å². The fraction of sp³-hybridized carbons (Fsp3) is 0.467. The average molecular weight is 290 g/mol. The molecule has 1 aliphatic carbocycles. The van der Waals surface area contributed by atoms with Crippen LogP contribution in [-0.4, -0.2) is 34.6 Å². The highest BCUT2D eigenvalue weighted by molar-refractivity contribution is 5.99. The second-order valence-corrected chi connectivity index (χ2v) is 5.41. The molecule has 0 atom stereocenters. The van der Waals surface area contributed by atoms with Crippen LogP contribution in [0.3, 0.4) is 0 Å². The first-order valence-corrected chi connectivity index (χ1v) is 6.94. The molecule has 0 spiro atoms. The molecule has 2 rings (SSSR count). The predicted octanol–water partition coefficient (Wildman–Crippen LogP) is 2.49. The number of nitro benzene ring substituents is 1.